The first-order valence-electron chi connectivity index (χ1n) is 5.66. The van der Waals surface area contributed by atoms with E-state index in [2.05, 4.69) is 5.10 Å². The predicted molar refractivity (Wildman–Crippen MR) is 66.2 cm³/mol. The summed E-state index contributed by atoms with van der Waals surface area (Å²) in [5.41, 5.74) is 3.92. The number of aromatic nitrogens is 3. The van der Waals surface area contributed by atoms with Crippen LogP contribution >= 0.6 is 0 Å². The Hall–Kier alpha value is -1.84. The molecule has 4 nitrogen and oxygen atoms in total. The second-order valence-electron chi connectivity index (χ2n) is 4.38. The Bertz CT molecular complexity index is 563. The third kappa shape index (κ3) is 2.02. The maximum absolute atomic E-state index is 12.1. The Kier molecular flexibility index (Phi) is 2.88. The summed E-state index contributed by atoms with van der Waals surface area (Å²) in [5.74, 6) is 0.0862. The highest BCUT2D eigenvalue weighted by atomic mass is 16.1. The summed E-state index contributed by atoms with van der Waals surface area (Å²) >= 11 is 0. The molecule has 0 amide bonds. The van der Waals surface area contributed by atoms with E-state index in [1.54, 1.807) is 4.68 Å². The van der Waals surface area contributed by atoms with E-state index in [0.717, 1.165) is 22.6 Å². The zero-order valence-corrected chi connectivity index (χ0v) is 10.7. The van der Waals surface area contributed by atoms with Crippen LogP contribution in [0, 0.1) is 20.8 Å². The van der Waals surface area contributed by atoms with Crippen molar-refractivity contribution in [2.45, 2.75) is 27.3 Å². The topological polar surface area (TPSA) is 39.8 Å². The molecule has 0 aliphatic heterocycles. The van der Waals surface area contributed by atoms with Gasteiger partial charge in [-0.15, -0.1) is 0 Å². The number of hydrogen-bond acceptors (Lipinski definition) is 2. The molecule has 0 aliphatic rings. The van der Waals surface area contributed by atoms with E-state index in [0.29, 0.717) is 6.54 Å². The van der Waals surface area contributed by atoms with Gasteiger partial charge >= 0.3 is 0 Å². The van der Waals surface area contributed by atoms with E-state index in [1.165, 1.54) is 0 Å². The van der Waals surface area contributed by atoms with Crippen LogP contribution in [0.25, 0.3) is 0 Å². The van der Waals surface area contributed by atoms with Gasteiger partial charge in [-0.1, -0.05) is 0 Å². The molecule has 0 radical (unpaired) electrons. The molecular formula is C13H17N3O. The van der Waals surface area contributed by atoms with Crippen molar-refractivity contribution in [1.29, 1.82) is 0 Å². The lowest BCUT2D eigenvalue weighted by Gasteiger charge is -2.05. The van der Waals surface area contributed by atoms with Crippen molar-refractivity contribution in [2.24, 2.45) is 7.05 Å². The highest BCUT2D eigenvalue weighted by molar-refractivity contribution is 5.94. The van der Waals surface area contributed by atoms with Crippen LogP contribution < -0.4 is 0 Å². The Morgan fingerprint density at radius 1 is 1.35 bits per heavy atom. The predicted octanol–water partition coefficient (Wildman–Crippen LogP) is 2.03. The molecule has 2 rings (SSSR count). The molecular weight excluding hydrogens is 214 g/mol. The molecule has 0 saturated heterocycles. The van der Waals surface area contributed by atoms with Crippen LogP contribution in [-0.2, 0) is 13.6 Å². The van der Waals surface area contributed by atoms with Gasteiger partial charge in [0.2, 0.25) is 5.78 Å². The third-order valence-corrected chi connectivity index (χ3v) is 3.27. The van der Waals surface area contributed by atoms with Crippen LogP contribution in [0.15, 0.2) is 18.3 Å². The molecule has 0 atom stereocenters. The minimum Gasteiger partial charge on any atom is -0.348 e. The molecule has 0 unspecified atom stereocenters. The monoisotopic (exact) mass is 231 g/mol. The third-order valence-electron chi connectivity index (χ3n) is 3.27. The van der Waals surface area contributed by atoms with Gasteiger partial charge in [0.1, 0.15) is 6.54 Å². The Labute approximate surface area is 101 Å². The standard InChI is InChI=1S/C13H17N3O/c1-9-10(2)14-16(11(9)3)8-13(17)12-6-5-7-15(12)4/h5-7H,8H2,1-4H3. The van der Waals surface area contributed by atoms with Gasteiger partial charge in [-0.25, -0.2) is 0 Å². The molecule has 0 N–H and O–H groups in total. The molecule has 0 aliphatic carbocycles. The number of ketones is 1. The van der Waals surface area contributed by atoms with Crippen LogP contribution in [0.1, 0.15) is 27.4 Å². The number of carbonyl (C=O) groups excluding carboxylic acids is 1. The smallest absolute Gasteiger partial charge is 0.200 e. The molecule has 90 valence electrons. The van der Waals surface area contributed by atoms with Crippen LogP contribution in [0.5, 0.6) is 0 Å². The Balaban J connectivity index is 2.25. The zero-order valence-electron chi connectivity index (χ0n) is 10.7. The summed E-state index contributed by atoms with van der Waals surface area (Å²) in [6.07, 6.45) is 1.87. The van der Waals surface area contributed by atoms with Crippen LogP contribution in [0.4, 0.5) is 0 Å². The number of carbonyl (C=O) groups is 1. The molecule has 2 aromatic heterocycles. The maximum Gasteiger partial charge on any atom is 0.200 e. The number of nitrogens with zero attached hydrogens (tertiary/aromatic N) is 3. The van der Waals surface area contributed by atoms with Crippen LogP contribution in [-0.4, -0.2) is 20.1 Å². The van der Waals surface area contributed by atoms with Gasteiger partial charge in [-0.2, -0.15) is 5.10 Å². The highest BCUT2D eigenvalue weighted by Crippen LogP contribution is 2.12. The quantitative estimate of drug-likeness (QED) is 0.758. The Morgan fingerprint density at radius 2 is 2.06 bits per heavy atom. The average Bonchev–Trinajstić information content (AvgIpc) is 2.80. The second-order valence-corrected chi connectivity index (χ2v) is 4.38. The first kappa shape index (κ1) is 11.6. The van der Waals surface area contributed by atoms with Crippen molar-refractivity contribution in [3.05, 3.63) is 41.0 Å². The van der Waals surface area contributed by atoms with Gasteiger partial charge in [0.25, 0.3) is 0 Å². The fraction of sp³-hybridized carbons (Fsp3) is 0.385. The fourth-order valence-electron chi connectivity index (χ4n) is 1.91. The summed E-state index contributed by atoms with van der Waals surface area (Å²) in [6.45, 7) is 6.29. The lowest BCUT2D eigenvalue weighted by Crippen LogP contribution is -2.15. The lowest BCUT2D eigenvalue weighted by atomic mass is 10.2. The number of aryl methyl sites for hydroxylation is 2. The van der Waals surface area contributed by atoms with E-state index in [1.807, 2.05) is 50.7 Å². The van der Waals surface area contributed by atoms with Crippen molar-refractivity contribution in [3.8, 4) is 0 Å². The number of rotatable bonds is 3. The summed E-state index contributed by atoms with van der Waals surface area (Å²) in [6, 6.07) is 3.71. The summed E-state index contributed by atoms with van der Waals surface area (Å²) in [4.78, 5) is 12.1. The minimum absolute atomic E-state index is 0.0862. The lowest BCUT2D eigenvalue weighted by molar-refractivity contribution is 0.0959. The molecule has 0 saturated carbocycles. The van der Waals surface area contributed by atoms with E-state index in [-0.39, 0.29) is 5.78 Å². The van der Waals surface area contributed by atoms with Crippen LogP contribution in [0.3, 0.4) is 0 Å². The summed E-state index contributed by atoms with van der Waals surface area (Å²) < 4.78 is 3.61. The molecule has 4 heteroatoms. The van der Waals surface area contributed by atoms with Crippen molar-refractivity contribution in [3.63, 3.8) is 0 Å². The van der Waals surface area contributed by atoms with E-state index in [9.17, 15) is 4.79 Å². The van der Waals surface area contributed by atoms with Gasteiger partial charge in [-0.3, -0.25) is 9.48 Å². The minimum atomic E-state index is 0.0862. The Morgan fingerprint density at radius 3 is 2.53 bits per heavy atom. The van der Waals surface area contributed by atoms with Crippen molar-refractivity contribution in [1.82, 2.24) is 14.3 Å². The van der Waals surface area contributed by atoms with E-state index < -0.39 is 0 Å². The first-order valence-corrected chi connectivity index (χ1v) is 5.66. The highest BCUT2D eigenvalue weighted by Gasteiger charge is 2.13. The van der Waals surface area contributed by atoms with Gasteiger partial charge < -0.3 is 4.57 Å². The molecule has 17 heavy (non-hydrogen) atoms. The van der Waals surface area contributed by atoms with Gasteiger partial charge in [-0.05, 0) is 38.5 Å². The largest absolute Gasteiger partial charge is 0.348 e. The molecule has 0 fully saturated rings. The number of hydrogen-bond donors (Lipinski definition) is 0. The van der Waals surface area contributed by atoms with Crippen molar-refractivity contribution in [2.75, 3.05) is 0 Å². The average molecular weight is 231 g/mol. The fourth-order valence-corrected chi connectivity index (χ4v) is 1.91. The van der Waals surface area contributed by atoms with E-state index >= 15 is 0 Å². The normalized spacial score (nSPS) is 10.8. The van der Waals surface area contributed by atoms with Gasteiger partial charge in [0, 0.05) is 18.9 Å². The summed E-state index contributed by atoms with van der Waals surface area (Å²) in [7, 11) is 1.87. The van der Waals surface area contributed by atoms with E-state index in [4.69, 9.17) is 0 Å². The van der Waals surface area contributed by atoms with Crippen LogP contribution in [0.2, 0.25) is 0 Å². The maximum atomic E-state index is 12.1. The zero-order chi connectivity index (χ0) is 12.6. The molecule has 2 aromatic rings. The molecule has 0 aromatic carbocycles. The van der Waals surface area contributed by atoms with Crippen molar-refractivity contribution >= 4 is 5.78 Å². The number of Topliss-reactive ketones (excluding diaryl/α,β-unsaturated/α-hetero) is 1. The molecule has 0 spiro atoms. The SMILES string of the molecule is Cc1nn(CC(=O)c2cccn2C)c(C)c1C. The van der Waals surface area contributed by atoms with Crippen molar-refractivity contribution < 1.29 is 4.79 Å². The summed E-state index contributed by atoms with van der Waals surface area (Å²) in [5, 5.41) is 4.38. The van der Waals surface area contributed by atoms with Gasteiger partial charge in [0.15, 0.2) is 0 Å². The molecule has 0 bridgehead atoms. The van der Waals surface area contributed by atoms with Gasteiger partial charge in [0.05, 0.1) is 11.4 Å². The molecule has 2 heterocycles. The first-order chi connectivity index (χ1) is 8.00. The second kappa shape index (κ2) is 4.20.